The number of carbonyl (C=O) groups excluding carboxylic acids is 1. The van der Waals surface area contributed by atoms with E-state index in [0.717, 1.165) is 38.4 Å². The van der Waals surface area contributed by atoms with Gasteiger partial charge in [-0.2, -0.15) is 0 Å². The van der Waals surface area contributed by atoms with Gasteiger partial charge in [-0.1, -0.05) is 29.8 Å². The molecule has 1 heterocycles. The van der Waals surface area contributed by atoms with Crippen molar-refractivity contribution in [2.75, 3.05) is 36.4 Å². The van der Waals surface area contributed by atoms with Crippen molar-refractivity contribution in [2.45, 2.75) is 20.4 Å². The number of nitrogens with one attached hydrogen (secondary N) is 1. The Morgan fingerprint density at radius 2 is 1.58 bits per heavy atom. The average Bonchev–Trinajstić information content (AvgIpc) is 2.58. The van der Waals surface area contributed by atoms with E-state index in [1.807, 2.05) is 12.1 Å². The molecule has 24 heavy (non-hydrogen) atoms. The Balaban J connectivity index is 1.51. The smallest absolute Gasteiger partial charge is 0.221 e. The topological polar surface area (TPSA) is 35.6 Å². The highest BCUT2D eigenvalue weighted by Gasteiger charge is 2.17. The van der Waals surface area contributed by atoms with Crippen LogP contribution in [-0.2, 0) is 11.3 Å². The van der Waals surface area contributed by atoms with Crippen LogP contribution in [0.25, 0.3) is 0 Å². The van der Waals surface area contributed by atoms with Gasteiger partial charge in [0, 0.05) is 51.0 Å². The van der Waals surface area contributed by atoms with Gasteiger partial charge in [0.15, 0.2) is 0 Å². The van der Waals surface area contributed by atoms with Gasteiger partial charge in [-0.3, -0.25) is 9.69 Å². The summed E-state index contributed by atoms with van der Waals surface area (Å²) in [6.07, 6.45) is 0. The molecule has 0 aliphatic carbocycles. The standard InChI is InChI=1S/C20H25N3O/c1-16-3-9-20(10-4-16)23-13-11-22(12-14-23)15-18-5-7-19(8-6-18)21-17(2)24/h3-10H,11-15H2,1-2H3,(H,21,24). The molecule has 2 aromatic rings. The van der Waals surface area contributed by atoms with Crippen LogP contribution < -0.4 is 10.2 Å². The van der Waals surface area contributed by atoms with Crippen molar-refractivity contribution < 1.29 is 4.79 Å². The maximum atomic E-state index is 11.1. The largest absolute Gasteiger partial charge is 0.369 e. The zero-order valence-electron chi connectivity index (χ0n) is 14.5. The predicted molar refractivity (Wildman–Crippen MR) is 99.4 cm³/mol. The van der Waals surface area contributed by atoms with Crippen LogP contribution >= 0.6 is 0 Å². The fraction of sp³-hybridized carbons (Fsp3) is 0.350. The van der Waals surface area contributed by atoms with E-state index in [0.29, 0.717) is 0 Å². The van der Waals surface area contributed by atoms with E-state index >= 15 is 0 Å². The van der Waals surface area contributed by atoms with Crippen LogP contribution in [0.2, 0.25) is 0 Å². The molecule has 1 aliphatic rings. The van der Waals surface area contributed by atoms with Gasteiger partial charge in [-0.15, -0.1) is 0 Å². The van der Waals surface area contributed by atoms with Gasteiger partial charge >= 0.3 is 0 Å². The normalized spacial score (nSPS) is 15.3. The van der Waals surface area contributed by atoms with Crippen LogP contribution in [0.3, 0.4) is 0 Å². The summed E-state index contributed by atoms with van der Waals surface area (Å²) >= 11 is 0. The van der Waals surface area contributed by atoms with Crippen molar-refractivity contribution in [3.63, 3.8) is 0 Å². The quantitative estimate of drug-likeness (QED) is 0.938. The minimum atomic E-state index is -0.0324. The molecule has 1 aliphatic heterocycles. The van der Waals surface area contributed by atoms with Crippen LogP contribution in [0.4, 0.5) is 11.4 Å². The van der Waals surface area contributed by atoms with Crippen LogP contribution in [0, 0.1) is 6.92 Å². The molecular weight excluding hydrogens is 298 g/mol. The number of carbonyl (C=O) groups is 1. The summed E-state index contributed by atoms with van der Waals surface area (Å²) in [5, 5.41) is 2.80. The van der Waals surface area contributed by atoms with Crippen LogP contribution in [0.1, 0.15) is 18.1 Å². The average molecular weight is 323 g/mol. The van der Waals surface area contributed by atoms with E-state index in [9.17, 15) is 4.79 Å². The summed E-state index contributed by atoms with van der Waals surface area (Å²) in [4.78, 5) is 16.0. The Labute approximate surface area is 144 Å². The molecular formula is C20H25N3O. The van der Waals surface area contributed by atoms with Gasteiger partial charge in [0.2, 0.25) is 5.91 Å². The summed E-state index contributed by atoms with van der Waals surface area (Å²) in [6.45, 7) is 8.88. The van der Waals surface area contributed by atoms with Crippen molar-refractivity contribution in [3.8, 4) is 0 Å². The molecule has 1 amide bonds. The molecule has 0 aromatic heterocycles. The number of anilines is 2. The van der Waals surface area contributed by atoms with Crippen molar-refractivity contribution in [1.82, 2.24) is 4.90 Å². The second-order valence-corrected chi connectivity index (χ2v) is 6.48. The lowest BCUT2D eigenvalue weighted by Gasteiger charge is -2.36. The maximum absolute atomic E-state index is 11.1. The SMILES string of the molecule is CC(=O)Nc1ccc(CN2CCN(c3ccc(C)cc3)CC2)cc1. The molecule has 1 saturated heterocycles. The van der Waals surface area contributed by atoms with E-state index in [4.69, 9.17) is 0 Å². The molecule has 0 radical (unpaired) electrons. The number of benzene rings is 2. The third-order valence-electron chi connectivity index (χ3n) is 4.45. The van der Waals surface area contributed by atoms with E-state index in [2.05, 4.69) is 58.4 Å². The molecule has 0 bridgehead atoms. The summed E-state index contributed by atoms with van der Waals surface area (Å²) in [5.74, 6) is -0.0324. The number of hydrogen-bond acceptors (Lipinski definition) is 3. The first-order chi connectivity index (χ1) is 11.6. The molecule has 4 heteroatoms. The van der Waals surface area contributed by atoms with E-state index in [1.165, 1.54) is 23.7 Å². The Bertz CT molecular complexity index is 671. The van der Waals surface area contributed by atoms with Gasteiger partial charge in [0.05, 0.1) is 0 Å². The molecule has 0 atom stereocenters. The van der Waals surface area contributed by atoms with Gasteiger partial charge in [-0.25, -0.2) is 0 Å². The lowest BCUT2D eigenvalue weighted by Crippen LogP contribution is -2.45. The van der Waals surface area contributed by atoms with E-state index in [1.54, 1.807) is 0 Å². The highest BCUT2D eigenvalue weighted by Crippen LogP contribution is 2.18. The van der Waals surface area contributed by atoms with Crippen molar-refractivity contribution in [2.24, 2.45) is 0 Å². The Morgan fingerprint density at radius 3 is 2.17 bits per heavy atom. The minimum absolute atomic E-state index is 0.0324. The number of aryl methyl sites for hydroxylation is 1. The van der Waals surface area contributed by atoms with E-state index < -0.39 is 0 Å². The molecule has 4 nitrogen and oxygen atoms in total. The number of amides is 1. The summed E-state index contributed by atoms with van der Waals surface area (Å²) in [7, 11) is 0. The molecule has 0 spiro atoms. The van der Waals surface area contributed by atoms with Crippen LogP contribution in [-0.4, -0.2) is 37.0 Å². The van der Waals surface area contributed by atoms with Gasteiger partial charge in [0.1, 0.15) is 0 Å². The Kier molecular flexibility index (Phi) is 5.16. The zero-order valence-corrected chi connectivity index (χ0v) is 14.5. The summed E-state index contributed by atoms with van der Waals surface area (Å²) in [5.41, 5.74) is 4.77. The first kappa shape index (κ1) is 16.5. The Hall–Kier alpha value is -2.33. The van der Waals surface area contributed by atoms with Gasteiger partial charge < -0.3 is 10.2 Å². The molecule has 1 N–H and O–H groups in total. The summed E-state index contributed by atoms with van der Waals surface area (Å²) < 4.78 is 0. The fourth-order valence-corrected chi connectivity index (χ4v) is 3.07. The second kappa shape index (κ2) is 7.49. The number of hydrogen-bond donors (Lipinski definition) is 1. The Morgan fingerprint density at radius 1 is 0.958 bits per heavy atom. The first-order valence-corrected chi connectivity index (χ1v) is 8.51. The molecule has 0 saturated carbocycles. The lowest BCUT2D eigenvalue weighted by molar-refractivity contribution is -0.114. The highest BCUT2D eigenvalue weighted by molar-refractivity contribution is 5.88. The minimum Gasteiger partial charge on any atom is -0.369 e. The molecule has 1 fully saturated rings. The number of rotatable bonds is 4. The summed E-state index contributed by atoms with van der Waals surface area (Å²) in [6, 6.07) is 16.9. The predicted octanol–water partition coefficient (Wildman–Crippen LogP) is 3.28. The van der Waals surface area contributed by atoms with Gasteiger partial charge in [-0.05, 0) is 36.8 Å². The third kappa shape index (κ3) is 4.36. The number of piperazine rings is 1. The van der Waals surface area contributed by atoms with Crippen LogP contribution in [0.5, 0.6) is 0 Å². The molecule has 3 rings (SSSR count). The fourth-order valence-electron chi connectivity index (χ4n) is 3.07. The molecule has 126 valence electrons. The molecule has 0 unspecified atom stereocenters. The lowest BCUT2D eigenvalue weighted by atomic mass is 10.1. The highest BCUT2D eigenvalue weighted by atomic mass is 16.1. The monoisotopic (exact) mass is 323 g/mol. The first-order valence-electron chi connectivity index (χ1n) is 8.51. The molecule has 2 aromatic carbocycles. The van der Waals surface area contributed by atoms with Crippen molar-refractivity contribution in [1.29, 1.82) is 0 Å². The van der Waals surface area contributed by atoms with Gasteiger partial charge in [0.25, 0.3) is 0 Å². The van der Waals surface area contributed by atoms with Crippen molar-refractivity contribution in [3.05, 3.63) is 59.7 Å². The third-order valence-corrected chi connectivity index (χ3v) is 4.45. The maximum Gasteiger partial charge on any atom is 0.221 e. The zero-order chi connectivity index (χ0) is 16.9. The van der Waals surface area contributed by atoms with E-state index in [-0.39, 0.29) is 5.91 Å². The second-order valence-electron chi connectivity index (χ2n) is 6.48. The van der Waals surface area contributed by atoms with Crippen molar-refractivity contribution >= 4 is 17.3 Å². The number of nitrogens with zero attached hydrogens (tertiary/aromatic N) is 2. The van der Waals surface area contributed by atoms with Crippen LogP contribution in [0.15, 0.2) is 48.5 Å².